The molecule has 1 fully saturated rings. The van der Waals surface area contributed by atoms with E-state index in [0.717, 1.165) is 32.8 Å². The molecular formula is C12H25NO2. The second-order valence-electron chi connectivity index (χ2n) is 4.47. The summed E-state index contributed by atoms with van der Waals surface area (Å²) in [5, 5.41) is 0. The molecule has 1 rings (SSSR count). The van der Waals surface area contributed by atoms with Crippen molar-refractivity contribution in [1.29, 1.82) is 0 Å². The van der Waals surface area contributed by atoms with E-state index in [2.05, 4.69) is 25.8 Å². The van der Waals surface area contributed by atoms with E-state index < -0.39 is 0 Å². The van der Waals surface area contributed by atoms with Crippen molar-refractivity contribution in [2.45, 2.75) is 45.3 Å². The summed E-state index contributed by atoms with van der Waals surface area (Å²) in [7, 11) is 2.20. The standard InChI is InChI=1S/C12H25NO2/c1-4-5-11(2)13(3)7-6-12-10-14-8-9-15-12/h11-12H,4-10H2,1-3H3/t11?,12-/m1/s1. The third-order valence-corrected chi connectivity index (χ3v) is 3.15. The molecule has 1 saturated heterocycles. The highest BCUT2D eigenvalue weighted by molar-refractivity contribution is 4.67. The van der Waals surface area contributed by atoms with Gasteiger partial charge in [0.15, 0.2) is 0 Å². The summed E-state index contributed by atoms with van der Waals surface area (Å²) in [6.07, 6.45) is 3.94. The van der Waals surface area contributed by atoms with Gasteiger partial charge in [0, 0.05) is 12.6 Å². The second kappa shape index (κ2) is 7.20. The highest BCUT2D eigenvalue weighted by Gasteiger charge is 2.16. The van der Waals surface area contributed by atoms with Crippen molar-refractivity contribution in [2.75, 3.05) is 33.4 Å². The number of rotatable bonds is 6. The van der Waals surface area contributed by atoms with Gasteiger partial charge in [-0.3, -0.25) is 0 Å². The van der Waals surface area contributed by atoms with Crippen LogP contribution in [0.25, 0.3) is 0 Å². The molecule has 1 aliphatic heterocycles. The van der Waals surface area contributed by atoms with Crippen LogP contribution in [0.1, 0.15) is 33.1 Å². The van der Waals surface area contributed by atoms with Gasteiger partial charge in [-0.15, -0.1) is 0 Å². The molecule has 2 atom stereocenters. The van der Waals surface area contributed by atoms with Gasteiger partial charge in [0.05, 0.1) is 25.9 Å². The van der Waals surface area contributed by atoms with Crippen LogP contribution in [0, 0.1) is 0 Å². The van der Waals surface area contributed by atoms with Crippen molar-refractivity contribution in [2.24, 2.45) is 0 Å². The highest BCUT2D eigenvalue weighted by Crippen LogP contribution is 2.09. The minimum Gasteiger partial charge on any atom is -0.376 e. The Labute approximate surface area is 93.7 Å². The van der Waals surface area contributed by atoms with Crippen LogP contribution in [0.15, 0.2) is 0 Å². The first-order valence-corrected chi connectivity index (χ1v) is 6.13. The Morgan fingerprint density at radius 1 is 1.40 bits per heavy atom. The van der Waals surface area contributed by atoms with Crippen molar-refractivity contribution in [1.82, 2.24) is 4.90 Å². The fourth-order valence-corrected chi connectivity index (χ4v) is 1.91. The second-order valence-corrected chi connectivity index (χ2v) is 4.47. The molecular weight excluding hydrogens is 190 g/mol. The number of hydrogen-bond donors (Lipinski definition) is 0. The molecule has 0 amide bonds. The van der Waals surface area contributed by atoms with Crippen LogP contribution in [0.4, 0.5) is 0 Å². The predicted octanol–water partition coefficient (Wildman–Crippen LogP) is 1.91. The summed E-state index contributed by atoms with van der Waals surface area (Å²) in [6, 6.07) is 0.680. The maximum absolute atomic E-state index is 5.62. The molecule has 90 valence electrons. The van der Waals surface area contributed by atoms with Crippen LogP contribution in [0.3, 0.4) is 0 Å². The van der Waals surface area contributed by atoms with Crippen molar-refractivity contribution in [3.63, 3.8) is 0 Å². The quantitative estimate of drug-likeness (QED) is 0.675. The fourth-order valence-electron chi connectivity index (χ4n) is 1.91. The predicted molar refractivity (Wildman–Crippen MR) is 62.2 cm³/mol. The molecule has 0 spiro atoms. The summed E-state index contributed by atoms with van der Waals surface area (Å²) in [6.45, 7) is 7.94. The lowest BCUT2D eigenvalue weighted by atomic mass is 10.1. The van der Waals surface area contributed by atoms with Crippen LogP contribution in [-0.4, -0.2) is 50.5 Å². The number of hydrogen-bond acceptors (Lipinski definition) is 3. The molecule has 1 aliphatic rings. The maximum atomic E-state index is 5.62. The van der Waals surface area contributed by atoms with E-state index in [4.69, 9.17) is 9.47 Å². The Kier molecular flexibility index (Phi) is 6.22. The van der Waals surface area contributed by atoms with Crippen LogP contribution in [-0.2, 0) is 9.47 Å². The molecule has 15 heavy (non-hydrogen) atoms. The Hall–Kier alpha value is -0.120. The molecule has 0 radical (unpaired) electrons. The topological polar surface area (TPSA) is 21.7 Å². The van der Waals surface area contributed by atoms with Crippen molar-refractivity contribution >= 4 is 0 Å². The van der Waals surface area contributed by atoms with Gasteiger partial charge in [0.2, 0.25) is 0 Å². The number of nitrogens with zero attached hydrogens (tertiary/aromatic N) is 1. The molecule has 0 aromatic carbocycles. The normalized spacial score (nSPS) is 24.4. The van der Waals surface area contributed by atoms with Crippen LogP contribution in [0.5, 0.6) is 0 Å². The van der Waals surface area contributed by atoms with Crippen LogP contribution >= 0.6 is 0 Å². The lowest BCUT2D eigenvalue weighted by molar-refractivity contribution is -0.0928. The zero-order chi connectivity index (χ0) is 11.1. The first-order valence-electron chi connectivity index (χ1n) is 6.13. The lowest BCUT2D eigenvalue weighted by Crippen LogP contribution is -2.35. The van der Waals surface area contributed by atoms with Crippen LogP contribution < -0.4 is 0 Å². The van der Waals surface area contributed by atoms with Gasteiger partial charge in [-0.05, 0) is 26.8 Å². The Morgan fingerprint density at radius 3 is 2.80 bits per heavy atom. The van der Waals surface area contributed by atoms with Gasteiger partial charge >= 0.3 is 0 Å². The molecule has 1 unspecified atom stereocenters. The van der Waals surface area contributed by atoms with Crippen molar-refractivity contribution in [3.05, 3.63) is 0 Å². The van der Waals surface area contributed by atoms with Crippen LogP contribution in [0.2, 0.25) is 0 Å². The monoisotopic (exact) mass is 215 g/mol. The van der Waals surface area contributed by atoms with E-state index in [9.17, 15) is 0 Å². The first kappa shape index (κ1) is 12.9. The summed E-state index contributed by atoms with van der Waals surface area (Å²) >= 11 is 0. The minimum absolute atomic E-state index is 0.315. The zero-order valence-electron chi connectivity index (χ0n) is 10.4. The molecule has 0 N–H and O–H groups in total. The summed E-state index contributed by atoms with van der Waals surface area (Å²) in [5.41, 5.74) is 0. The van der Waals surface area contributed by atoms with E-state index in [-0.39, 0.29) is 0 Å². The average molecular weight is 215 g/mol. The molecule has 0 aliphatic carbocycles. The lowest BCUT2D eigenvalue weighted by Gasteiger charge is -2.28. The average Bonchev–Trinajstić information content (AvgIpc) is 2.27. The van der Waals surface area contributed by atoms with Gasteiger partial charge in [-0.25, -0.2) is 0 Å². The molecule has 0 aromatic rings. The van der Waals surface area contributed by atoms with E-state index in [1.807, 2.05) is 0 Å². The third-order valence-electron chi connectivity index (χ3n) is 3.15. The van der Waals surface area contributed by atoms with Gasteiger partial charge in [-0.2, -0.15) is 0 Å². The van der Waals surface area contributed by atoms with E-state index in [0.29, 0.717) is 12.1 Å². The van der Waals surface area contributed by atoms with Gasteiger partial charge in [0.25, 0.3) is 0 Å². The Bertz CT molecular complexity index is 158. The fraction of sp³-hybridized carbons (Fsp3) is 1.00. The Morgan fingerprint density at radius 2 is 2.20 bits per heavy atom. The summed E-state index contributed by atoms with van der Waals surface area (Å²) < 4.78 is 11.0. The first-order chi connectivity index (χ1) is 7.24. The van der Waals surface area contributed by atoms with E-state index in [1.54, 1.807) is 0 Å². The van der Waals surface area contributed by atoms with Gasteiger partial charge in [0.1, 0.15) is 0 Å². The summed E-state index contributed by atoms with van der Waals surface area (Å²) in [5.74, 6) is 0. The van der Waals surface area contributed by atoms with E-state index >= 15 is 0 Å². The highest BCUT2D eigenvalue weighted by atomic mass is 16.6. The van der Waals surface area contributed by atoms with Gasteiger partial charge < -0.3 is 14.4 Å². The smallest absolute Gasteiger partial charge is 0.0821 e. The molecule has 0 bridgehead atoms. The molecule has 1 heterocycles. The largest absolute Gasteiger partial charge is 0.376 e. The molecule has 0 saturated carbocycles. The number of ether oxygens (including phenoxy) is 2. The van der Waals surface area contributed by atoms with Crippen molar-refractivity contribution < 1.29 is 9.47 Å². The van der Waals surface area contributed by atoms with Gasteiger partial charge in [-0.1, -0.05) is 13.3 Å². The molecule has 0 aromatic heterocycles. The Balaban J connectivity index is 2.11. The minimum atomic E-state index is 0.315. The zero-order valence-corrected chi connectivity index (χ0v) is 10.4. The molecule has 3 heteroatoms. The van der Waals surface area contributed by atoms with Crippen molar-refractivity contribution in [3.8, 4) is 0 Å². The summed E-state index contributed by atoms with van der Waals surface area (Å²) in [4.78, 5) is 2.42. The SMILES string of the molecule is CCCC(C)N(C)CC[C@@H]1COCCO1. The maximum Gasteiger partial charge on any atom is 0.0821 e. The molecule has 3 nitrogen and oxygen atoms in total. The third kappa shape index (κ3) is 4.96. The van der Waals surface area contributed by atoms with E-state index in [1.165, 1.54) is 12.8 Å².